The summed E-state index contributed by atoms with van der Waals surface area (Å²) in [6, 6.07) is 27.5. The summed E-state index contributed by atoms with van der Waals surface area (Å²) < 4.78 is 0. The number of phenols is 1. The molecule has 1 aliphatic carbocycles. The Morgan fingerprint density at radius 1 is 0.759 bits per heavy atom. The van der Waals surface area contributed by atoms with Crippen LogP contribution in [-0.2, 0) is 6.42 Å². The summed E-state index contributed by atoms with van der Waals surface area (Å²) in [5, 5.41) is 16.0. The second-order valence-electron chi connectivity index (χ2n) is 8.08. The number of phenolic OH excluding ortho intramolecular Hbond substituents is 1. The van der Waals surface area contributed by atoms with E-state index in [-0.39, 0.29) is 5.75 Å². The molecule has 140 valence electrons. The van der Waals surface area contributed by atoms with Gasteiger partial charge in [-0.1, -0.05) is 54.6 Å². The molecule has 2 heteroatoms. The maximum absolute atomic E-state index is 9.76. The molecular weight excluding hydrogens is 354 g/mol. The first-order valence-electron chi connectivity index (χ1n) is 10.3. The molecule has 0 amide bonds. The van der Waals surface area contributed by atoms with Crippen molar-refractivity contribution in [3.05, 3.63) is 95.7 Å². The van der Waals surface area contributed by atoms with E-state index >= 15 is 0 Å². The molecule has 0 aliphatic heterocycles. The van der Waals surface area contributed by atoms with Gasteiger partial charge in [0.2, 0.25) is 0 Å². The molecule has 5 aromatic rings. The number of hydrogen-bond acceptors (Lipinski definition) is 2. The molecule has 0 saturated carbocycles. The molecule has 29 heavy (non-hydrogen) atoms. The number of aryl methyl sites for hydroxylation is 1. The second kappa shape index (κ2) is 6.31. The number of nitrogens with zero attached hydrogens (tertiary/aromatic N) is 1. The van der Waals surface area contributed by atoms with E-state index < -0.39 is 0 Å². The van der Waals surface area contributed by atoms with Gasteiger partial charge in [0.1, 0.15) is 5.75 Å². The molecule has 0 fully saturated rings. The van der Waals surface area contributed by atoms with Crippen molar-refractivity contribution in [1.82, 2.24) is 4.98 Å². The smallest absolute Gasteiger partial charge is 0.116 e. The zero-order valence-electron chi connectivity index (χ0n) is 16.1. The Balaban J connectivity index is 1.60. The minimum Gasteiger partial charge on any atom is -0.508 e. The molecule has 1 atom stereocenters. The molecule has 1 heterocycles. The zero-order valence-corrected chi connectivity index (χ0v) is 16.1. The summed E-state index contributed by atoms with van der Waals surface area (Å²) in [6.45, 7) is 0. The van der Waals surface area contributed by atoms with E-state index in [2.05, 4.69) is 60.7 Å². The fourth-order valence-corrected chi connectivity index (χ4v) is 5.05. The van der Waals surface area contributed by atoms with E-state index in [1.165, 1.54) is 39.1 Å². The van der Waals surface area contributed by atoms with Crippen LogP contribution in [0.25, 0.3) is 32.4 Å². The minimum absolute atomic E-state index is 0.285. The first-order chi connectivity index (χ1) is 14.3. The molecule has 1 N–H and O–H groups in total. The van der Waals surface area contributed by atoms with Crippen LogP contribution in [0.15, 0.2) is 78.9 Å². The van der Waals surface area contributed by atoms with Gasteiger partial charge >= 0.3 is 0 Å². The van der Waals surface area contributed by atoms with Crippen molar-refractivity contribution in [2.45, 2.75) is 25.2 Å². The van der Waals surface area contributed by atoms with Crippen LogP contribution in [0.4, 0.5) is 0 Å². The van der Waals surface area contributed by atoms with Crippen molar-refractivity contribution in [1.29, 1.82) is 0 Å². The maximum atomic E-state index is 9.76. The number of pyridine rings is 1. The number of aromatic nitrogens is 1. The van der Waals surface area contributed by atoms with Gasteiger partial charge in [0.25, 0.3) is 0 Å². The third-order valence-electron chi connectivity index (χ3n) is 6.40. The first-order valence-corrected chi connectivity index (χ1v) is 10.3. The topological polar surface area (TPSA) is 33.1 Å². The Bertz CT molecular complexity index is 1400. The van der Waals surface area contributed by atoms with Crippen LogP contribution in [0.5, 0.6) is 5.75 Å². The van der Waals surface area contributed by atoms with Crippen LogP contribution in [0.3, 0.4) is 0 Å². The van der Waals surface area contributed by atoms with E-state index in [0.29, 0.717) is 5.92 Å². The van der Waals surface area contributed by atoms with Crippen LogP contribution >= 0.6 is 0 Å². The van der Waals surface area contributed by atoms with Gasteiger partial charge < -0.3 is 5.11 Å². The summed E-state index contributed by atoms with van der Waals surface area (Å²) in [5.41, 5.74) is 4.98. The molecule has 6 rings (SSSR count). The van der Waals surface area contributed by atoms with E-state index in [9.17, 15) is 5.11 Å². The second-order valence-corrected chi connectivity index (χ2v) is 8.08. The standard InChI is InChI=1S/C27H21NO/c29-20-11-15-25-19(16-20)10-14-26(28-25)24-7-3-5-18-9-12-22-21-6-2-1-4-17(21)8-13-23(22)27(18)24/h1-2,4,6,8-16,24,29H,3,5,7H2. The van der Waals surface area contributed by atoms with Gasteiger partial charge in [-0.3, -0.25) is 4.98 Å². The van der Waals surface area contributed by atoms with Gasteiger partial charge in [0, 0.05) is 17.0 Å². The van der Waals surface area contributed by atoms with Gasteiger partial charge in [-0.05, 0) is 76.2 Å². The van der Waals surface area contributed by atoms with Crippen LogP contribution in [0.1, 0.15) is 35.6 Å². The van der Waals surface area contributed by atoms with Gasteiger partial charge in [-0.15, -0.1) is 0 Å². The van der Waals surface area contributed by atoms with Crippen LogP contribution in [-0.4, -0.2) is 10.1 Å². The third kappa shape index (κ3) is 2.60. The fraction of sp³-hybridized carbons (Fsp3) is 0.148. The Hall–Kier alpha value is -3.39. The van der Waals surface area contributed by atoms with Gasteiger partial charge in [0.05, 0.1) is 5.52 Å². The van der Waals surface area contributed by atoms with E-state index in [0.717, 1.165) is 29.4 Å². The quantitative estimate of drug-likeness (QED) is 0.330. The van der Waals surface area contributed by atoms with E-state index in [1.807, 2.05) is 6.07 Å². The van der Waals surface area contributed by atoms with Crippen molar-refractivity contribution < 1.29 is 5.11 Å². The maximum Gasteiger partial charge on any atom is 0.116 e. The summed E-state index contributed by atoms with van der Waals surface area (Å²) in [5.74, 6) is 0.592. The largest absolute Gasteiger partial charge is 0.508 e. The lowest BCUT2D eigenvalue weighted by Crippen LogP contribution is -2.13. The van der Waals surface area contributed by atoms with E-state index in [1.54, 1.807) is 12.1 Å². The van der Waals surface area contributed by atoms with Crippen LogP contribution in [0, 0.1) is 0 Å². The average molecular weight is 375 g/mol. The molecule has 4 aromatic carbocycles. The predicted octanol–water partition coefficient (Wildman–Crippen LogP) is 6.72. The highest BCUT2D eigenvalue weighted by Crippen LogP contribution is 2.42. The molecular formula is C27H21NO. The highest BCUT2D eigenvalue weighted by atomic mass is 16.3. The molecule has 1 aromatic heterocycles. The number of fused-ring (bicyclic) bond motifs is 6. The van der Waals surface area contributed by atoms with Crippen molar-refractivity contribution >= 4 is 32.4 Å². The lowest BCUT2D eigenvalue weighted by molar-refractivity contribution is 0.476. The SMILES string of the molecule is Oc1ccc2nc(C3CCCc4ccc5c(ccc6ccccc65)c43)ccc2c1. The van der Waals surface area contributed by atoms with Gasteiger partial charge in [-0.2, -0.15) is 0 Å². The van der Waals surface area contributed by atoms with Gasteiger partial charge in [0.15, 0.2) is 0 Å². The lowest BCUT2D eigenvalue weighted by Gasteiger charge is -2.27. The van der Waals surface area contributed by atoms with Crippen molar-refractivity contribution in [2.24, 2.45) is 0 Å². The molecule has 0 saturated heterocycles. The van der Waals surface area contributed by atoms with Crippen molar-refractivity contribution in [3.8, 4) is 5.75 Å². The zero-order chi connectivity index (χ0) is 19.4. The summed E-state index contributed by atoms with van der Waals surface area (Å²) in [7, 11) is 0. The highest BCUT2D eigenvalue weighted by molar-refractivity contribution is 6.09. The number of aromatic hydroxyl groups is 1. The first kappa shape index (κ1) is 16.6. The van der Waals surface area contributed by atoms with Crippen molar-refractivity contribution in [3.63, 3.8) is 0 Å². The van der Waals surface area contributed by atoms with Crippen LogP contribution < -0.4 is 0 Å². The molecule has 0 spiro atoms. The number of benzene rings is 4. The average Bonchev–Trinajstić information content (AvgIpc) is 2.78. The minimum atomic E-state index is 0.285. The lowest BCUT2D eigenvalue weighted by atomic mass is 9.77. The number of hydrogen-bond donors (Lipinski definition) is 1. The molecule has 0 bridgehead atoms. The van der Waals surface area contributed by atoms with Crippen LogP contribution in [0.2, 0.25) is 0 Å². The Labute approximate surface area is 169 Å². The van der Waals surface area contributed by atoms with E-state index in [4.69, 9.17) is 4.98 Å². The Kier molecular flexibility index (Phi) is 3.60. The monoisotopic (exact) mass is 375 g/mol. The number of rotatable bonds is 1. The predicted molar refractivity (Wildman–Crippen MR) is 120 cm³/mol. The summed E-state index contributed by atoms with van der Waals surface area (Å²) in [6.07, 6.45) is 3.44. The highest BCUT2D eigenvalue weighted by Gasteiger charge is 2.25. The Morgan fingerprint density at radius 2 is 1.62 bits per heavy atom. The normalized spacial score (nSPS) is 16.3. The summed E-state index contributed by atoms with van der Waals surface area (Å²) in [4.78, 5) is 5.00. The molecule has 0 radical (unpaired) electrons. The summed E-state index contributed by atoms with van der Waals surface area (Å²) >= 11 is 0. The van der Waals surface area contributed by atoms with Crippen molar-refractivity contribution in [2.75, 3.05) is 0 Å². The Morgan fingerprint density at radius 3 is 2.59 bits per heavy atom. The van der Waals surface area contributed by atoms with Gasteiger partial charge in [-0.25, -0.2) is 0 Å². The molecule has 1 unspecified atom stereocenters. The molecule has 2 nitrogen and oxygen atoms in total. The third-order valence-corrected chi connectivity index (χ3v) is 6.40. The molecule has 1 aliphatic rings. The fourth-order valence-electron chi connectivity index (χ4n) is 5.05.